The standard InChI is InChI=1S/C53H40N2/c1-52(2)42-25-13-10-22-38(42)39-33-32-37(34-47(39)52)55(36-20-8-5-9-21-36)49-31-17-29-46-51(49)41-24-12-15-27-44(41)53(46)43-26-14-11-23-40(43)50-45(53)28-16-30-48(50)54(3)35-18-6-4-7-19-35/h4-34H,1-3H3. The highest BCUT2D eigenvalue weighted by Gasteiger charge is 2.53. The SMILES string of the molecule is CN(c1ccccc1)c1cccc2c1-c1ccccc1C21c2ccccc2-c2c(N(c3ccccc3)c3ccc4c(c3)C(C)(C)c3ccccc3-4)cccc21. The van der Waals surface area contributed by atoms with Gasteiger partial charge >= 0.3 is 0 Å². The van der Waals surface area contributed by atoms with Crippen LogP contribution in [0.2, 0.25) is 0 Å². The molecule has 0 saturated carbocycles. The fraction of sp³-hybridized carbons (Fsp3) is 0.0943. The summed E-state index contributed by atoms with van der Waals surface area (Å²) in [7, 11) is 2.20. The molecule has 0 radical (unpaired) electrons. The quantitative estimate of drug-likeness (QED) is 0.176. The van der Waals surface area contributed by atoms with Gasteiger partial charge in [-0.2, -0.15) is 0 Å². The van der Waals surface area contributed by atoms with E-state index in [9.17, 15) is 0 Å². The molecule has 8 aromatic carbocycles. The van der Waals surface area contributed by atoms with Crippen LogP contribution in [0, 0.1) is 0 Å². The van der Waals surface area contributed by atoms with Crippen molar-refractivity contribution in [1.29, 1.82) is 0 Å². The van der Waals surface area contributed by atoms with Crippen molar-refractivity contribution in [3.63, 3.8) is 0 Å². The first-order chi connectivity index (χ1) is 27.0. The van der Waals surface area contributed by atoms with Crippen molar-refractivity contribution in [2.45, 2.75) is 24.7 Å². The summed E-state index contributed by atoms with van der Waals surface area (Å²) in [5, 5.41) is 0. The summed E-state index contributed by atoms with van der Waals surface area (Å²) in [5.41, 5.74) is 21.2. The Morgan fingerprint density at radius 1 is 0.345 bits per heavy atom. The maximum absolute atomic E-state index is 2.50. The van der Waals surface area contributed by atoms with E-state index < -0.39 is 5.41 Å². The Morgan fingerprint density at radius 2 is 0.818 bits per heavy atom. The van der Waals surface area contributed by atoms with Crippen LogP contribution in [0.25, 0.3) is 33.4 Å². The fourth-order valence-electron chi connectivity index (χ4n) is 10.3. The Balaban J connectivity index is 1.18. The summed E-state index contributed by atoms with van der Waals surface area (Å²) in [4.78, 5) is 4.84. The molecule has 55 heavy (non-hydrogen) atoms. The topological polar surface area (TPSA) is 6.48 Å². The molecule has 0 aliphatic heterocycles. The van der Waals surface area contributed by atoms with Crippen molar-refractivity contribution >= 4 is 28.4 Å². The normalized spacial score (nSPS) is 16.1. The first-order valence-corrected chi connectivity index (χ1v) is 19.3. The van der Waals surface area contributed by atoms with Crippen molar-refractivity contribution in [2.75, 3.05) is 16.8 Å². The minimum Gasteiger partial charge on any atom is -0.344 e. The van der Waals surface area contributed by atoms with Crippen molar-refractivity contribution in [1.82, 2.24) is 0 Å². The third kappa shape index (κ3) is 4.25. The zero-order chi connectivity index (χ0) is 36.9. The number of hydrogen-bond donors (Lipinski definition) is 0. The van der Waals surface area contributed by atoms with Crippen molar-refractivity contribution < 1.29 is 0 Å². The third-order valence-corrected chi connectivity index (χ3v) is 12.7. The van der Waals surface area contributed by atoms with Gasteiger partial charge in [0.15, 0.2) is 0 Å². The summed E-state index contributed by atoms with van der Waals surface area (Å²) in [6.07, 6.45) is 0. The van der Waals surface area contributed by atoms with Gasteiger partial charge in [-0.15, -0.1) is 0 Å². The van der Waals surface area contributed by atoms with E-state index in [-0.39, 0.29) is 5.41 Å². The lowest BCUT2D eigenvalue weighted by molar-refractivity contribution is 0.660. The van der Waals surface area contributed by atoms with Gasteiger partial charge in [0.1, 0.15) is 0 Å². The molecule has 8 aromatic rings. The molecule has 1 unspecified atom stereocenters. The monoisotopic (exact) mass is 704 g/mol. The number of benzene rings is 8. The minimum atomic E-state index is -0.481. The number of para-hydroxylation sites is 2. The second kappa shape index (κ2) is 11.7. The van der Waals surface area contributed by atoms with Gasteiger partial charge in [-0.3, -0.25) is 0 Å². The predicted molar refractivity (Wildman–Crippen MR) is 229 cm³/mol. The maximum Gasteiger partial charge on any atom is 0.0727 e. The van der Waals surface area contributed by atoms with Gasteiger partial charge in [0.2, 0.25) is 0 Å². The Labute approximate surface area is 323 Å². The average Bonchev–Trinajstić information content (AvgIpc) is 3.80. The second-order valence-corrected chi connectivity index (χ2v) is 15.7. The molecule has 262 valence electrons. The number of rotatable bonds is 5. The Morgan fingerprint density at radius 3 is 1.45 bits per heavy atom. The molecule has 0 N–H and O–H groups in total. The molecule has 2 nitrogen and oxygen atoms in total. The van der Waals surface area contributed by atoms with E-state index in [1.807, 2.05) is 0 Å². The van der Waals surface area contributed by atoms with E-state index in [1.54, 1.807) is 0 Å². The van der Waals surface area contributed by atoms with Gasteiger partial charge < -0.3 is 9.80 Å². The highest BCUT2D eigenvalue weighted by molar-refractivity contribution is 6.03. The summed E-state index contributed by atoms with van der Waals surface area (Å²) in [6.45, 7) is 4.74. The van der Waals surface area contributed by atoms with Gasteiger partial charge in [0, 0.05) is 46.3 Å². The van der Waals surface area contributed by atoms with Gasteiger partial charge in [0.25, 0.3) is 0 Å². The lowest BCUT2D eigenvalue weighted by Crippen LogP contribution is -2.26. The molecular formula is C53H40N2. The zero-order valence-electron chi connectivity index (χ0n) is 31.3. The second-order valence-electron chi connectivity index (χ2n) is 15.7. The van der Waals surface area contributed by atoms with Crippen LogP contribution in [-0.4, -0.2) is 7.05 Å². The van der Waals surface area contributed by atoms with E-state index >= 15 is 0 Å². The maximum atomic E-state index is 2.50. The Hall–Kier alpha value is -6.64. The van der Waals surface area contributed by atoms with Crippen LogP contribution in [0.3, 0.4) is 0 Å². The van der Waals surface area contributed by atoms with E-state index in [4.69, 9.17) is 0 Å². The molecule has 0 aromatic heterocycles. The number of anilines is 5. The molecule has 1 atom stereocenters. The summed E-state index contributed by atoms with van der Waals surface area (Å²) < 4.78 is 0. The van der Waals surface area contributed by atoms with E-state index in [0.29, 0.717) is 0 Å². The molecule has 0 heterocycles. The first-order valence-electron chi connectivity index (χ1n) is 19.3. The predicted octanol–water partition coefficient (Wildman–Crippen LogP) is 13.6. The number of nitrogens with zero attached hydrogens (tertiary/aromatic N) is 2. The van der Waals surface area contributed by atoms with E-state index in [1.165, 1.54) is 83.8 Å². The lowest BCUT2D eigenvalue weighted by Gasteiger charge is -2.32. The molecule has 0 bridgehead atoms. The summed E-state index contributed by atoms with van der Waals surface area (Å²) in [5.74, 6) is 0. The largest absolute Gasteiger partial charge is 0.344 e. The summed E-state index contributed by atoms with van der Waals surface area (Å²) >= 11 is 0. The van der Waals surface area contributed by atoms with Crippen molar-refractivity contribution in [3.8, 4) is 33.4 Å². The molecule has 1 spiro atoms. The van der Waals surface area contributed by atoms with E-state index in [0.717, 1.165) is 11.4 Å². The Kier molecular flexibility index (Phi) is 6.76. The van der Waals surface area contributed by atoms with Crippen LogP contribution in [0.5, 0.6) is 0 Å². The molecule has 11 rings (SSSR count). The summed E-state index contributed by atoms with van der Waals surface area (Å²) in [6, 6.07) is 69.9. The number of hydrogen-bond acceptors (Lipinski definition) is 2. The van der Waals surface area contributed by atoms with Crippen LogP contribution < -0.4 is 9.80 Å². The zero-order valence-corrected chi connectivity index (χ0v) is 31.3. The molecule has 0 fully saturated rings. The minimum absolute atomic E-state index is 0.110. The molecule has 0 saturated heterocycles. The third-order valence-electron chi connectivity index (χ3n) is 12.7. The average molecular weight is 705 g/mol. The smallest absolute Gasteiger partial charge is 0.0727 e. The highest BCUT2D eigenvalue weighted by atomic mass is 15.1. The molecular weight excluding hydrogens is 665 g/mol. The molecule has 0 amide bonds. The van der Waals surface area contributed by atoms with Crippen LogP contribution >= 0.6 is 0 Å². The Bertz CT molecular complexity index is 2820. The van der Waals surface area contributed by atoms with Crippen LogP contribution in [0.1, 0.15) is 47.2 Å². The number of fused-ring (bicyclic) bond motifs is 13. The molecule has 3 aliphatic carbocycles. The fourth-order valence-corrected chi connectivity index (χ4v) is 10.3. The highest BCUT2D eigenvalue weighted by Crippen LogP contribution is 2.66. The van der Waals surface area contributed by atoms with Crippen molar-refractivity contribution in [3.05, 3.63) is 221 Å². The van der Waals surface area contributed by atoms with Gasteiger partial charge in [-0.25, -0.2) is 0 Å². The van der Waals surface area contributed by atoms with Crippen LogP contribution in [0.4, 0.5) is 28.4 Å². The van der Waals surface area contributed by atoms with Crippen molar-refractivity contribution in [2.24, 2.45) is 0 Å². The van der Waals surface area contributed by atoms with Crippen LogP contribution in [0.15, 0.2) is 188 Å². The van der Waals surface area contributed by atoms with Gasteiger partial charge in [-0.05, 0) is 104 Å². The van der Waals surface area contributed by atoms with Gasteiger partial charge in [0.05, 0.1) is 11.1 Å². The molecule has 2 heteroatoms. The van der Waals surface area contributed by atoms with E-state index in [2.05, 4.69) is 219 Å². The van der Waals surface area contributed by atoms with Crippen LogP contribution in [-0.2, 0) is 10.8 Å². The van der Waals surface area contributed by atoms with Gasteiger partial charge in [-0.1, -0.05) is 153 Å². The lowest BCUT2D eigenvalue weighted by atomic mass is 9.70. The first kappa shape index (κ1) is 31.8. The molecule has 3 aliphatic rings.